The third-order valence-electron chi connectivity index (χ3n) is 4.40. The van der Waals surface area contributed by atoms with E-state index in [-0.39, 0.29) is 11.5 Å². The van der Waals surface area contributed by atoms with Crippen LogP contribution in [0.25, 0.3) is 0 Å². The van der Waals surface area contributed by atoms with Crippen molar-refractivity contribution in [3.8, 4) is 0 Å². The summed E-state index contributed by atoms with van der Waals surface area (Å²) in [6, 6.07) is 8.75. The van der Waals surface area contributed by atoms with Gasteiger partial charge in [0.25, 0.3) is 0 Å². The van der Waals surface area contributed by atoms with Crippen LogP contribution in [0.5, 0.6) is 0 Å². The lowest BCUT2D eigenvalue weighted by Crippen LogP contribution is -2.45. The molecule has 0 aliphatic carbocycles. The summed E-state index contributed by atoms with van der Waals surface area (Å²) >= 11 is 0. The Kier molecular flexibility index (Phi) is 7.11. The highest BCUT2D eigenvalue weighted by atomic mass is 28.4. The van der Waals surface area contributed by atoms with Gasteiger partial charge in [0.2, 0.25) is 0 Å². The first kappa shape index (κ1) is 20.3. The molecule has 0 saturated carbocycles. The molecule has 0 heterocycles. The number of aldehydes is 1. The first-order chi connectivity index (χ1) is 11.1. The van der Waals surface area contributed by atoms with Crippen LogP contribution in [0.2, 0.25) is 18.1 Å². The molecule has 5 heteroatoms. The van der Waals surface area contributed by atoms with Gasteiger partial charge in [0.1, 0.15) is 18.5 Å². The highest BCUT2D eigenvalue weighted by Crippen LogP contribution is 2.37. The summed E-state index contributed by atoms with van der Waals surface area (Å²) in [6.45, 7) is 14.2. The van der Waals surface area contributed by atoms with Gasteiger partial charge in [-0.3, -0.25) is 0 Å². The SMILES string of the molecule is C=CC(C[C@@H](C=O)O[Si](C)(C)C(C)(C)C)OC(=O)c1ccccc1. The van der Waals surface area contributed by atoms with Crippen molar-refractivity contribution in [3.63, 3.8) is 0 Å². The van der Waals surface area contributed by atoms with Gasteiger partial charge >= 0.3 is 5.97 Å². The van der Waals surface area contributed by atoms with E-state index in [1.165, 1.54) is 6.08 Å². The summed E-state index contributed by atoms with van der Waals surface area (Å²) < 4.78 is 11.5. The van der Waals surface area contributed by atoms with E-state index in [1.807, 2.05) is 6.07 Å². The van der Waals surface area contributed by atoms with Gasteiger partial charge in [-0.1, -0.05) is 51.6 Å². The van der Waals surface area contributed by atoms with Gasteiger partial charge in [-0.25, -0.2) is 4.79 Å². The van der Waals surface area contributed by atoms with Crippen molar-refractivity contribution >= 4 is 20.6 Å². The van der Waals surface area contributed by atoms with E-state index in [0.717, 1.165) is 6.29 Å². The van der Waals surface area contributed by atoms with Crippen LogP contribution in [0.1, 0.15) is 37.6 Å². The molecule has 0 spiro atoms. The predicted octanol–water partition coefficient (Wildman–Crippen LogP) is 4.38. The molecule has 0 saturated heterocycles. The molecule has 0 aromatic heterocycles. The average Bonchev–Trinajstić information content (AvgIpc) is 2.52. The molecule has 2 atom stereocenters. The Morgan fingerprint density at radius 3 is 2.25 bits per heavy atom. The second-order valence-corrected chi connectivity index (χ2v) is 12.1. The zero-order valence-electron chi connectivity index (χ0n) is 15.2. The van der Waals surface area contributed by atoms with Gasteiger partial charge in [0, 0.05) is 6.42 Å². The van der Waals surface area contributed by atoms with E-state index in [4.69, 9.17) is 9.16 Å². The Morgan fingerprint density at radius 2 is 1.79 bits per heavy atom. The van der Waals surface area contributed by atoms with E-state index in [0.29, 0.717) is 5.56 Å². The molecule has 1 unspecified atom stereocenters. The second kappa shape index (κ2) is 8.40. The van der Waals surface area contributed by atoms with Crippen molar-refractivity contribution < 1.29 is 18.8 Å². The van der Waals surface area contributed by atoms with E-state index < -0.39 is 26.5 Å². The molecule has 0 bridgehead atoms. The van der Waals surface area contributed by atoms with Crippen LogP contribution in [-0.2, 0) is 14.0 Å². The van der Waals surface area contributed by atoms with Crippen LogP contribution >= 0.6 is 0 Å². The average molecular weight is 349 g/mol. The lowest BCUT2D eigenvalue weighted by atomic mass is 10.1. The summed E-state index contributed by atoms with van der Waals surface area (Å²) in [5.41, 5.74) is 0.470. The maximum absolute atomic E-state index is 12.1. The Hall–Kier alpha value is -1.72. The fourth-order valence-corrected chi connectivity index (χ4v) is 3.15. The number of carbonyl (C=O) groups is 2. The monoisotopic (exact) mass is 348 g/mol. The Bertz CT molecular complexity index is 560. The van der Waals surface area contributed by atoms with Crippen molar-refractivity contribution in [1.29, 1.82) is 0 Å². The number of benzene rings is 1. The Labute approximate surface area is 146 Å². The second-order valence-electron chi connectivity index (χ2n) is 7.33. The summed E-state index contributed by atoms with van der Waals surface area (Å²) in [5, 5.41) is -0.00134. The van der Waals surface area contributed by atoms with Crippen molar-refractivity contribution in [2.75, 3.05) is 0 Å². The molecule has 132 valence electrons. The maximum Gasteiger partial charge on any atom is 0.338 e. The van der Waals surface area contributed by atoms with Gasteiger partial charge < -0.3 is 14.0 Å². The third-order valence-corrected chi connectivity index (χ3v) is 8.90. The molecule has 0 fully saturated rings. The van der Waals surface area contributed by atoms with Crippen LogP contribution < -0.4 is 0 Å². The lowest BCUT2D eigenvalue weighted by molar-refractivity contribution is -0.115. The zero-order valence-corrected chi connectivity index (χ0v) is 16.2. The molecule has 1 rings (SSSR count). The van der Waals surface area contributed by atoms with Crippen LogP contribution in [0.3, 0.4) is 0 Å². The van der Waals surface area contributed by atoms with Crippen LogP contribution in [-0.4, -0.2) is 32.8 Å². The Balaban J connectivity index is 2.73. The number of hydrogen-bond donors (Lipinski definition) is 0. The summed E-state index contributed by atoms with van der Waals surface area (Å²) in [5.74, 6) is -0.433. The van der Waals surface area contributed by atoms with Crippen molar-refractivity contribution in [1.82, 2.24) is 0 Å². The molecular weight excluding hydrogens is 320 g/mol. The van der Waals surface area contributed by atoms with Crippen LogP contribution in [0.4, 0.5) is 0 Å². The molecule has 24 heavy (non-hydrogen) atoms. The minimum absolute atomic E-state index is 0.00134. The van der Waals surface area contributed by atoms with Crippen molar-refractivity contribution in [2.45, 2.75) is 57.5 Å². The molecular formula is C19H28O4Si. The third kappa shape index (κ3) is 5.73. The highest BCUT2D eigenvalue weighted by Gasteiger charge is 2.39. The van der Waals surface area contributed by atoms with E-state index in [2.05, 4.69) is 40.4 Å². The molecule has 0 N–H and O–H groups in total. The largest absolute Gasteiger partial charge is 0.454 e. The summed E-state index contributed by atoms with van der Waals surface area (Å²) in [6.07, 6.45) is 1.41. The summed E-state index contributed by atoms with van der Waals surface area (Å²) in [4.78, 5) is 23.6. The number of ether oxygens (including phenoxy) is 1. The smallest absolute Gasteiger partial charge is 0.338 e. The van der Waals surface area contributed by atoms with Crippen LogP contribution in [0.15, 0.2) is 43.0 Å². The zero-order chi connectivity index (χ0) is 18.4. The van der Waals surface area contributed by atoms with Gasteiger partial charge in [-0.15, -0.1) is 0 Å². The maximum atomic E-state index is 12.1. The topological polar surface area (TPSA) is 52.6 Å². The minimum Gasteiger partial charge on any atom is -0.454 e. The highest BCUT2D eigenvalue weighted by molar-refractivity contribution is 6.74. The number of carbonyl (C=O) groups excluding carboxylic acids is 2. The molecule has 1 aromatic carbocycles. The van der Waals surface area contributed by atoms with Crippen molar-refractivity contribution in [2.24, 2.45) is 0 Å². The standard InChI is InChI=1S/C19H28O4Si/c1-7-16(22-18(21)15-11-9-8-10-12-15)13-17(14-20)23-24(5,6)19(2,3)4/h7-12,14,16-17H,1,13H2,2-6H3/t16?,17-/m0/s1. The molecule has 0 aliphatic rings. The molecule has 1 aromatic rings. The lowest BCUT2D eigenvalue weighted by Gasteiger charge is -2.38. The number of rotatable bonds is 8. The van der Waals surface area contributed by atoms with Gasteiger partial charge in [-0.05, 0) is 30.3 Å². The van der Waals surface area contributed by atoms with Gasteiger partial charge in [-0.2, -0.15) is 0 Å². The predicted molar refractivity (Wildman–Crippen MR) is 98.6 cm³/mol. The first-order valence-electron chi connectivity index (χ1n) is 8.12. The van der Waals surface area contributed by atoms with E-state index in [1.54, 1.807) is 24.3 Å². The fourth-order valence-electron chi connectivity index (χ4n) is 1.89. The molecule has 0 radical (unpaired) electrons. The number of hydrogen-bond acceptors (Lipinski definition) is 4. The molecule has 0 aliphatic heterocycles. The quantitative estimate of drug-likeness (QED) is 0.303. The first-order valence-corrected chi connectivity index (χ1v) is 11.0. The van der Waals surface area contributed by atoms with Gasteiger partial charge in [0.15, 0.2) is 8.32 Å². The molecule has 4 nitrogen and oxygen atoms in total. The normalized spacial score (nSPS) is 14.5. The van der Waals surface area contributed by atoms with Crippen LogP contribution in [0, 0.1) is 0 Å². The van der Waals surface area contributed by atoms with E-state index >= 15 is 0 Å². The van der Waals surface area contributed by atoms with E-state index in [9.17, 15) is 9.59 Å². The number of esters is 1. The minimum atomic E-state index is -2.08. The fraction of sp³-hybridized carbons (Fsp3) is 0.474. The molecule has 0 amide bonds. The van der Waals surface area contributed by atoms with Gasteiger partial charge in [0.05, 0.1) is 5.56 Å². The van der Waals surface area contributed by atoms with Crippen molar-refractivity contribution in [3.05, 3.63) is 48.6 Å². The summed E-state index contributed by atoms with van der Waals surface area (Å²) in [7, 11) is -2.08. The Morgan fingerprint density at radius 1 is 1.21 bits per heavy atom.